The second kappa shape index (κ2) is 4.69. The monoisotopic (exact) mass is 208 g/mol. The van der Waals surface area contributed by atoms with Gasteiger partial charge >= 0.3 is 0 Å². The number of aromatic nitrogens is 2. The minimum absolute atomic E-state index is 1.06. The molecule has 1 aromatic rings. The Bertz CT molecular complexity index is 311. The van der Waals surface area contributed by atoms with Crippen molar-refractivity contribution in [2.75, 3.05) is 18.0 Å². The van der Waals surface area contributed by atoms with Crippen LogP contribution >= 0.6 is 0 Å². The summed E-state index contributed by atoms with van der Waals surface area (Å²) in [5.74, 6) is 2.60. The first-order valence-corrected chi connectivity index (χ1v) is 6.23. The fourth-order valence-electron chi connectivity index (χ4n) is 2.31. The molecule has 1 aromatic heterocycles. The molecule has 3 heteroatoms. The van der Waals surface area contributed by atoms with E-state index in [1.54, 1.807) is 0 Å². The van der Waals surface area contributed by atoms with Crippen LogP contribution in [0.1, 0.15) is 44.6 Å². The second-order valence-corrected chi connectivity index (χ2v) is 4.31. The van der Waals surface area contributed by atoms with Gasteiger partial charge in [0.2, 0.25) is 0 Å². The van der Waals surface area contributed by atoms with Crippen LogP contribution in [-0.2, 0) is 12.8 Å². The third-order valence-electron chi connectivity index (χ3n) is 3.24. The Morgan fingerprint density at radius 1 is 1.13 bits per heavy atom. The molecule has 2 N–H and O–H groups in total. The smallest absolute Gasteiger partial charge is 0.256 e. The van der Waals surface area contributed by atoms with E-state index in [0.29, 0.717) is 0 Å². The average molecular weight is 208 g/mol. The fraction of sp³-hybridized carbons (Fsp3) is 0.750. The number of hydrogen-bond donors (Lipinski definition) is 1. The molecule has 84 valence electrons. The quantitative estimate of drug-likeness (QED) is 0.809. The van der Waals surface area contributed by atoms with Gasteiger partial charge in [0.1, 0.15) is 5.69 Å². The molecule has 0 radical (unpaired) electrons. The van der Waals surface area contributed by atoms with Gasteiger partial charge in [-0.05, 0) is 19.3 Å². The molecule has 0 saturated carbocycles. The molecule has 0 aromatic carbocycles. The zero-order valence-corrected chi connectivity index (χ0v) is 9.90. The van der Waals surface area contributed by atoms with E-state index in [2.05, 4.69) is 28.7 Å². The Hall–Kier alpha value is -0.990. The number of aryl methyl sites for hydroxylation is 2. The predicted molar refractivity (Wildman–Crippen MR) is 62.2 cm³/mol. The van der Waals surface area contributed by atoms with Crippen LogP contribution in [0.3, 0.4) is 0 Å². The van der Waals surface area contributed by atoms with Gasteiger partial charge in [0.05, 0.1) is 13.1 Å². The molecule has 0 spiro atoms. The summed E-state index contributed by atoms with van der Waals surface area (Å²) in [5, 5.41) is 0. The van der Waals surface area contributed by atoms with Crippen molar-refractivity contribution in [3.05, 3.63) is 11.5 Å². The maximum absolute atomic E-state index is 3.52. The van der Waals surface area contributed by atoms with Gasteiger partial charge in [-0.2, -0.15) is 0 Å². The largest absolute Gasteiger partial charge is 0.290 e. The molecule has 0 aliphatic carbocycles. The number of nitrogens with one attached hydrogen (secondary N) is 2. The van der Waals surface area contributed by atoms with Crippen molar-refractivity contribution in [2.24, 2.45) is 0 Å². The van der Waals surface area contributed by atoms with Crippen LogP contribution in [-0.4, -0.2) is 18.1 Å². The van der Waals surface area contributed by atoms with E-state index in [1.165, 1.54) is 49.7 Å². The summed E-state index contributed by atoms with van der Waals surface area (Å²) in [6.45, 7) is 6.82. The van der Waals surface area contributed by atoms with Crippen LogP contribution < -0.4 is 9.88 Å². The van der Waals surface area contributed by atoms with Crippen LogP contribution in [0.25, 0.3) is 0 Å². The van der Waals surface area contributed by atoms with Gasteiger partial charge in [0.15, 0.2) is 5.82 Å². The molecular weight excluding hydrogens is 186 g/mol. The summed E-state index contributed by atoms with van der Waals surface area (Å²) in [6, 6.07) is 0. The lowest BCUT2D eigenvalue weighted by atomic mass is 10.1. The lowest BCUT2D eigenvalue weighted by Crippen LogP contribution is -2.34. The molecule has 1 fully saturated rings. The SMILES string of the molecule is CCc1[nH]c(CC)c(N2CCCCC2)[nH+]1. The fourth-order valence-corrected chi connectivity index (χ4v) is 2.31. The first-order valence-electron chi connectivity index (χ1n) is 6.23. The van der Waals surface area contributed by atoms with E-state index in [9.17, 15) is 0 Å². The maximum atomic E-state index is 3.52. The average Bonchev–Trinajstić information content (AvgIpc) is 2.73. The normalized spacial score (nSPS) is 17.1. The number of piperidine rings is 1. The summed E-state index contributed by atoms with van der Waals surface area (Å²) in [4.78, 5) is 9.50. The van der Waals surface area contributed by atoms with E-state index >= 15 is 0 Å². The van der Waals surface area contributed by atoms with Crippen LogP contribution in [0.15, 0.2) is 0 Å². The van der Waals surface area contributed by atoms with E-state index in [4.69, 9.17) is 0 Å². The first kappa shape index (κ1) is 10.5. The number of aromatic amines is 2. The maximum Gasteiger partial charge on any atom is 0.256 e. The minimum atomic E-state index is 1.06. The van der Waals surface area contributed by atoms with Gasteiger partial charge in [-0.15, -0.1) is 0 Å². The summed E-state index contributed by atoms with van der Waals surface area (Å²) < 4.78 is 0. The lowest BCUT2D eigenvalue weighted by Gasteiger charge is -2.22. The number of hydrogen-bond acceptors (Lipinski definition) is 1. The van der Waals surface area contributed by atoms with E-state index in [0.717, 1.165) is 12.8 Å². The Morgan fingerprint density at radius 2 is 1.87 bits per heavy atom. The van der Waals surface area contributed by atoms with Crippen molar-refractivity contribution in [1.29, 1.82) is 0 Å². The highest BCUT2D eigenvalue weighted by Gasteiger charge is 2.23. The Balaban J connectivity index is 2.20. The summed E-state index contributed by atoms with van der Waals surface area (Å²) >= 11 is 0. The number of H-pyrrole nitrogens is 2. The molecule has 0 amide bonds. The molecule has 15 heavy (non-hydrogen) atoms. The third-order valence-corrected chi connectivity index (χ3v) is 3.24. The van der Waals surface area contributed by atoms with Crippen LogP contribution in [0, 0.1) is 0 Å². The molecule has 3 nitrogen and oxygen atoms in total. The van der Waals surface area contributed by atoms with Crippen LogP contribution in [0.2, 0.25) is 0 Å². The Labute approximate surface area is 91.9 Å². The van der Waals surface area contributed by atoms with Gasteiger partial charge in [-0.1, -0.05) is 13.8 Å². The van der Waals surface area contributed by atoms with Crippen molar-refractivity contribution < 1.29 is 4.98 Å². The van der Waals surface area contributed by atoms with Crippen molar-refractivity contribution in [2.45, 2.75) is 46.0 Å². The van der Waals surface area contributed by atoms with Crippen molar-refractivity contribution in [3.63, 3.8) is 0 Å². The predicted octanol–water partition coefficient (Wildman–Crippen LogP) is 1.94. The van der Waals surface area contributed by atoms with Crippen molar-refractivity contribution in [1.82, 2.24) is 4.98 Å². The highest BCUT2D eigenvalue weighted by molar-refractivity contribution is 5.39. The van der Waals surface area contributed by atoms with E-state index < -0.39 is 0 Å². The lowest BCUT2D eigenvalue weighted by molar-refractivity contribution is -0.375. The molecule has 2 heterocycles. The van der Waals surface area contributed by atoms with Gasteiger partial charge in [-0.25, -0.2) is 4.98 Å². The zero-order chi connectivity index (χ0) is 10.7. The molecule has 0 atom stereocenters. The Kier molecular flexibility index (Phi) is 3.29. The van der Waals surface area contributed by atoms with Crippen LogP contribution in [0.4, 0.5) is 5.82 Å². The summed E-state index contributed by atoms with van der Waals surface area (Å²) in [6.07, 6.45) is 6.21. The van der Waals surface area contributed by atoms with Gasteiger partial charge in [-0.3, -0.25) is 9.88 Å². The highest BCUT2D eigenvalue weighted by Crippen LogP contribution is 2.19. The number of anilines is 1. The summed E-state index contributed by atoms with van der Waals surface area (Å²) in [5.41, 5.74) is 1.37. The molecule has 1 aliphatic rings. The molecule has 0 unspecified atom stereocenters. The number of rotatable bonds is 3. The topological polar surface area (TPSA) is 33.2 Å². The summed E-state index contributed by atoms with van der Waals surface area (Å²) in [7, 11) is 0. The zero-order valence-electron chi connectivity index (χ0n) is 9.90. The number of imidazole rings is 1. The molecule has 0 bridgehead atoms. The second-order valence-electron chi connectivity index (χ2n) is 4.31. The third kappa shape index (κ3) is 2.16. The minimum Gasteiger partial charge on any atom is -0.290 e. The van der Waals surface area contributed by atoms with Gasteiger partial charge in [0.25, 0.3) is 5.82 Å². The van der Waals surface area contributed by atoms with Crippen molar-refractivity contribution in [3.8, 4) is 0 Å². The van der Waals surface area contributed by atoms with Crippen molar-refractivity contribution >= 4 is 5.82 Å². The number of nitrogens with zero attached hydrogens (tertiary/aromatic N) is 1. The first-order chi connectivity index (χ1) is 7.35. The standard InChI is InChI=1S/C12H21N3/c1-3-10-12(14-11(4-2)13-10)15-8-6-5-7-9-15/h3-9H2,1-2H3,(H,13,14)/p+1. The van der Waals surface area contributed by atoms with E-state index in [1.807, 2.05) is 0 Å². The molecule has 2 rings (SSSR count). The molecular formula is C12H22N3+. The van der Waals surface area contributed by atoms with Crippen LogP contribution in [0.5, 0.6) is 0 Å². The molecule has 1 aliphatic heterocycles. The van der Waals surface area contributed by atoms with E-state index in [-0.39, 0.29) is 0 Å². The Morgan fingerprint density at radius 3 is 2.47 bits per heavy atom. The van der Waals surface area contributed by atoms with Gasteiger partial charge < -0.3 is 0 Å². The van der Waals surface area contributed by atoms with Gasteiger partial charge in [0, 0.05) is 12.8 Å². The highest BCUT2D eigenvalue weighted by atomic mass is 15.2. The molecule has 1 saturated heterocycles.